The van der Waals surface area contributed by atoms with Gasteiger partial charge < -0.3 is 15.6 Å². The molecule has 3 nitrogen and oxygen atoms in total. The second kappa shape index (κ2) is 5.34. The average molecular weight is 231 g/mol. The molecule has 0 fully saturated rings. The van der Waals surface area contributed by atoms with Crippen molar-refractivity contribution in [1.82, 2.24) is 9.88 Å². The van der Waals surface area contributed by atoms with E-state index in [9.17, 15) is 0 Å². The molecule has 0 amide bonds. The second-order valence-corrected chi connectivity index (χ2v) is 4.28. The number of fused-ring (bicyclic) bond motifs is 1. The van der Waals surface area contributed by atoms with Crippen molar-refractivity contribution in [3.8, 4) is 0 Å². The fraction of sp³-hybridized carbons (Fsp3) is 0.429. The maximum Gasteiger partial charge on any atom is 0.0483 e. The van der Waals surface area contributed by atoms with Crippen molar-refractivity contribution < 1.29 is 0 Å². The fourth-order valence-corrected chi connectivity index (χ4v) is 2.21. The van der Waals surface area contributed by atoms with Gasteiger partial charge in [-0.15, -0.1) is 0 Å². The summed E-state index contributed by atoms with van der Waals surface area (Å²) in [6.45, 7) is 7.83. The topological polar surface area (TPSA) is 43.0 Å². The highest BCUT2D eigenvalue weighted by molar-refractivity contribution is 5.84. The Morgan fingerprint density at radius 2 is 2.12 bits per heavy atom. The molecule has 0 atom stereocenters. The fourth-order valence-electron chi connectivity index (χ4n) is 2.21. The van der Waals surface area contributed by atoms with Crippen LogP contribution in [0.1, 0.15) is 25.0 Å². The van der Waals surface area contributed by atoms with Gasteiger partial charge in [-0.2, -0.15) is 0 Å². The molecule has 0 aliphatic carbocycles. The first-order valence-corrected chi connectivity index (χ1v) is 6.31. The molecule has 0 spiro atoms. The molecule has 0 bridgehead atoms. The van der Waals surface area contributed by atoms with Gasteiger partial charge in [0.1, 0.15) is 0 Å². The molecular formula is C14H21N3. The molecule has 0 saturated heterocycles. The Hall–Kier alpha value is -1.32. The number of benzene rings is 1. The number of aromatic nitrogens is 1. The van der Waals surface area contributed by atoms with Crippen LogP contribution in [-0.2, 0) is 19.6 Å². The van der Waals surface area contributed by atoms with Gasteiger partial charge in [0.05, 0.1) is 0 Å². The van der Waals surface area contributed by atoms with Gasteiger partial charge in [-0.25, -0.2) is 0 Å². The molecule has 0 saturated carbocycles. The first-order valence-electron chi connectivity index (χ1n) is 6.31. The molecule has 3 N–H and O–H groups in total. The zero-order valence-electron chi connectivity index (χ0n) is 10.7. The standard InChI is InChI=1S/C14H21N3/c1-3-16-9-12-10-17(4-2)14-6-5-11(8-15)7-13(12)14/h5-7,10,16H,3-4,8-9,15H2,1-2H3. The number of nitrogens with two attached hydrogens (primary N) is 1. The van der Waals surface area contributed by atoms with Crippen LogP contribution in [0.15, 0.2) is 24.4 Å². The summed E-state index contributed by atoms with van der Waals surface area (Å²) in [5.74, 6) is 0. The number of aryl methyl sites for hydroxylation is 1. The van der Waals surface area contributed by atoms with Crippen LogP contribution in [0, 0.1) is 0 Å². The number of nitrogens with zero attached hydrogens (tertiary/aromatic N) is 1. The van der Waals surface area contributed by atoms with E-state index in [-0.39, 0.29) is 0 Å². The SMILES string of the molecule is CCNCc1cn(CC)c2ccc(CN)cc12. The van der Waals surface area contributed by atoms with Gasteiger partial charge in [0.25, 0.3) is 0 Å². The monoisotopic (exact) mass is 231 g/mol. The van der Waals surface area contributed by atoms with E-state index in [0.29, 0.717) is 6.54 Å². The molecule has 3 heteroatoms. The van der Waals surface area contributed by atoms with Gasteiger partial charge in [-0.1, -0.05) is 13.0 Å². The molecule has 0 unspecified atom stereocenters. The minimum atomic E-state index is 0.605. The molecule has 2 rings (SSSR count). The van der Waals surface area contributed by atoms with E-state index in [4.69, 9.17) is 5.73 Å². The van der Waals surface area contributed by atoms with Crippen molar-refractivity contribution in [3.05, 3.63) is 35.5 Å². The Bertz CT molecular complexity index is 499. The summed E-state index contributed by atoms with van der Waals surface area (Å²) in [6.07, 6.45) is 2.24. The van der Waals surface area contributed by atoms with Crippen LogP contribution in [0.25, 0.3) is 10.9 Å². The van der Waals surface area contributed by atoms with Crippen molar-refractivity contribution in [2.45, 2.75) is 33.5 Å². The van der Waals surface area contributed by atoms with E-state index in [1.807, 2.05) is 0 Å². The summed E-state index contributed by atoms with van der Waals surface area (Å²) in [7, 11) is 0. The van der Waals surface area contributed by atoms with Crippen molar-refractivity contribution in [1.29, 1.82) is 0 Å². The van der Waals surface area contributed by atoms with Crippen LogP contribution in [-0.4, -0.2) is 11.1 Å². The third-order valence-corrected chi connectivity index (χ3v) is 3.17. The minimum Gasteiger partial charge on any atom is -0.347 e. The van der Waals surface area contributed by atoms with E-state index < -0.39 is 0 Å². The summed E-state index contributed by atoms with van der Waals surface area (Å²) in [6, 6.07) is 6.51. The normalized spacial score (nSPS) is 11.2. The van der Waals surface area contributed by atoms with Crippen LogP contribution in [0.5, 0.6) is 0 Å². The molecule has 0 aliphatic rings. The molecule has 1 aromatic heterocycles. The van der Waals surface area contributed by atoms with Crippen molar-refractivity contribution >= 4 is 10.9 Å². The zero-order valence-corrected chi connectivity index (χ0v) is 10.7. The van der Waals surface area contributed by atoms with Crippen LogP contribution >= 0.6 is 0 Å². The predicted octanol–water partition coefficient (Wildman–Crippen LogP) is 2.23. The smallest absolute Gasteiger partial charge is 0.0483 e. The van der Waals surface area contributed by atoms with Gasteiger partial charge in [0.2, 0.25) is 0 Å². The van der Waals surface area contributed by atoms with Gasteiger partial charge in [0, 0.05) is 36.7 Å². The average Bonchev–Trinajstić information content (AvgIpc) is 2.73. The summed E-state index contributed by atoms with van der Waals surface area (Å²) in [4.78, 5) is 0. The third-order valence-electron chi connectivity index (χ3n) is 3.17. The molecular weight excluding hydrogens is 210 g/mol. The van der Waals surface area contributed by atoms with Crippen LogP contribution in [0.2, 0.25) is 0 Å². The summed E-state index contributed by atoms with van der Waals surface area (Å²) < 4.78 is 2.29. The molecule has 0 aliphatic heterocycles. The van der Waals surface area contributed by atoms with E-state index in [1.54, 1.807) is 0 Å². The summed E-state index contributed by atoms with van der Waals surface area (Å²) >= 11 is 0. The highest BCUT2D eigenvalue weighted by atomic mass is 15.0. The number of hydrogen-bond acceptors (Lipinski definition) is 2. The molecule has 0 radical (unpaired) electrons. The van der Waals surface area contributed by atoms with E-state index in [0.717, 1.165) is 19.6 Å². The Morgan fingerprint density at radius 1 is 1.29 bits per heavy atom. The summed E-state index contributed by atoms with van der Waals surface area (Å²) in [5.41, 5.74) is 9.57. The predicted molar refractivity (Wildman–Crippen MR) is 72.9 cm³/mol. The van der Waals surface area contributed by atoms with E-state index in [2.05, 4.69) is 48.1 Å². The molecule has 1 heterocycles. The van der Waals surface area contributed by atoms with E-state index >= 15 is 0 Å². The maximum absolute atomic E-state index is 5.71. The quantitative estimate of drug-likeness (QED) is 0.828. The maximum atomic E-state index is 5.71. The Morgan fingerprint density at radius 3 is 2.76 bits per heavy atom. The van der Waals surface area contributed by atoms with Crippen LogP contribution in [0.4, 0.5) is 0 Å². The van der Waals surface area contributed by atoms with Crippen LogP contribution in [0.3, 0.4) is 0 Å². The van der Waals surface area contributed by atoms with Gasteiger partial charge in [-0.05, 0) is 36.7 Å². The van der Waals surface area contributed by atoms with Crippen LogP contribution < -0.4 is 11.1 Å². The molecule has 17 heavy (non-hydrogen) atoms. The lowest BCUT2D eigenvalue weighted by Gasteiger charge is -2.02. The highest BCUT2D eigenvalue weighted by Crippen LogP contribution is 2.23. The zero-order chi connectivity index (χ0) is 12.3. The van der Waals surface area contributed by atoms with Crippen molar-refractivity contribution in [3.63, 3.8) is 0 Å². The highest BCUT2D eigenvalue weighted by Gasteiger charge is 2.07. The second-order valence-electron chi connectivity index (χ2n) is 4.28. The Kier molecular flexibility index (Phi) is 3.82. The molecule has 92 valence electrons. The Balaban J connectivity index is 2.49. The van der Waals surface area contributed by atoms with Gasteiger partial charge >= 0.3 is 0 Å². The lowest BCUT2D eigenvalue weighted by molar-refractivity contribution is 0.721. The first-order chi connectivity index (χ1) is 8.30. The first kappa shape index (κ1) is 12.1. The number of rotatable bonds is 5. The molecule has 1 aromatic carbocycles. The largest absolute Gasteiger partial charge is 0.347 e. The third kappa shape index (κ3) is 2.35. The summed E-state index contributed by atoms with van der Waals surface area (Å²) in [5, 5.41) is 4.72. The van der Waals surface area contributed by atoms with E-state index in [1.165, 1.54) is 22.0 Å². The molecule has 2 aromatic rings. The Labute approximate surface area is 103 Å². The number of hydrogen-bond donors (Lipinski definition) is 2. The van der Waals surface area contributed by atoms with Crippen molar-refractivity contribution in [2.75, 3.05) is 6.54 Å². The number of nitrogens with one attached hydrogen (secondary N) is 1. The van der Waals surface area contributed by atoms with Gasteiger partial charge in [0.15, 0.2) is 0 Å². The minimum absolute atomic E-state index is 0.605. The van der Waals surface area contributed by atoms with Crippen molar-refractivity contribution in [2.24, 2.45) is 5.73 Å². The van der Waals surface area contributed by atoms with Gasteiger partial charge in [-0.3, -0.25) is 0 Å². The lowest BCUT2D eigenvalue weighted by atomic mass is 10.1. The lowest BCUT2D eigenvalue weighted by Crippen LogP contribution is -2.11.